The average Bonchev–Trinajstić information content (AvgIpc) is 3.42. The Hall–Kier alpha value is -4.17. The predicted molar refractivity (Wildman–Crippen MR) is 141 cm³/mol. The number of H-pyrrole nitrogens is 1. The first-order valence-corrected chi connectivity index (χ1v) is 13.0. The first-order valence-electron chi connectivity index (χ1n) is 11.4. The second kappa shape index (κ2) is 9.85. The molecule has 13 heteroatoms. The van der Waals surface area contributed by atoms with Gasteiger partial charge in [-0.2, -0.15) is 13.2 Å². The molecule has 0 aliphatic carbocycles. The van der Waals surface area contributed by atoms with E-state index in [9.17, 15) is 31.9 Å². The first kappa shape index (κ1) is 26.4. The van der Waals surface area contributed by atoms with Gasteiger partial charge in [0.2, 0.25) is 0 Å². The maximum absolute atomic E-state index is 13.4. The lowest BCUT2D eigenvalue weighted by molar-refractivity contribution is -0.137. The van der Waals surface area contributed by atoms with E-state index in [4.69, 9.17) is 4.74 Å². The first-order chi connectivity index (χ1) is 18.5. The maximum Gasteiger partial charge on any atom is 0.417 e. The minimum Gasteiger partial charge on any atom is -0.377 e. The van der Waals surface area contributed by atoms with Crippen molar-refractivity contribution in [3.8, 4) is 0 Å². The summed E-state index contributed by atoms with van der Waals surface area (Å²) in [6.45, 7) is 0.0894. The zero-order chi connectivity index (χ0) is 27.9. The molecular weight excluding hydrogens is 537 g/mol. The van der Waals surface area contributed by atoms with Crippen LogP contribution in [0.1, 0.15) is 37.7 Å². The van der Waals surface area contributed by atoms with Gasteiger partial charge in [0.05, 0.1) is 27.1 Å². The van der Waals surface area contributed by atoms with Gasteiger partial charge in [-0.05, 0) is 48.0 Å². The SMILES string of the molecule is COCc1nc2c(C(=O)Nc3ccc4c(c3)S(O)(O)C=C4)cc(NC(=O)c3ccccc3C(F)(F)F)cc2[nH]1. The molecule has 202 valence electrons. The number of methoxy groups -OCH3 is 1. The Morgan fingerprint density at radius 1 is 1.00 bits per heavy atom. The Morgan fingerprint density at radius 3 is 2.46 bits per heavy atom. The number of benzene rings is 3. The van der Waals surface area contributed by atoms with Crippen molar-refractivity contribution in [2.75, 3.05) is 17.7 Å². The highest BCUT2D eigenvalue weighted by Crippen LogP contribution is 2.56. The van der Waals surface area contributed by atoms with Crippen LogP contribution in [0.2, 0.25) is 0 Å². The van der Waals surface area contributed by atoms with Crippen molar-refractivity contribution in [2.24, 2.45) is 0 Å². The highest BCUT2D eigenvalue weighted by atomic mass is 32.3. The van der Waals surface area contributed by atoms with Crippen molar-refractivity contribution in [1.29, 1.82) is 0 Å². The van der Waals surface area contributed by atoms with Gasteiger partial charge in [0.1, 0.15) is 17.9 Å². The van der Waals surface area contributed by atoms with Crippen molar-refractivity contribution < 1.29 is 36.6 Å². The molecule has 1 aliphatic heterocycles. The van der Waals surface area contributed by atoms with Crippen LogP contribution in [0.25, 0.3) is 17.1 Å². The number of hydrogen-bond acceptors (Lipinski definition) is 6. The number of fused-ring (bicyclic) bond motifs is 2. The van der Waals surface area contributed by atoms with E-state index in [0.717, 1.165) is 12.1 Å². The molecule has 0 saturated heterocycles. The summed E-state index contributed by atoms with van der Waals surface area (Å²) in [5.41, 5.74) is -0.159. The van der Waals surface area contributed by atoms with Crippen LogP contribution < -0.4 is 10.6 Å². The van der Waals surface area contributed by atoms with Crippen molar-refractivity contribution in [1.82, 2.24) is 9.97 Å². The fourth-order valence-corrected chi connectivity index (χ4v) is 5.46. The van der Waals surface area contributed by atoms with Gasteiger partial charge in [-0.3, -0.25) is 18.7 Å². The lowest BCUT2D eigenvalue weighted by Crippen LogP contribution is -2.19. The Morgan fingerprint density at radius 2 is 1.72 bits per heavy atom. The number of aromatic nitrogens is 2. The number of alkyl halides is 3. The highest BCUT2D eigenvalue weighted by Gasteiger charge is 2.35. The normalized spacial score (nSPS) is 14.7. The van der Waals surface area contributed by atoms with Crippen molar-refractivity contribution >= 4 is 50.9 Å². The van der Waals surface area contributed by atoms with Gasteiger partial charge in [0.25, 0.3) is 11.8 Å². The molecule has 0 atom stereocenters. The number of anilines is 2. The van der Waals surface area contributed by atoms with Crippen LogP contribution in [0.15, 0.2) is 64.9 Å². The number of aromatic amines is 1. The smallest absolute Gasteiger partial charge is 0.377 e. The Balaban J connectivity index is 1.50. The summed E-state index contributed by atoms with van der Waals surface area (Å²) in [5, 5.41) is 6.41. The number of rotatable bonds is 6. The van der Waals surface area contributed by atoms with E-state index in [1.165, 1.54) is 42.8 Å². The molecule has 1 aliphatic rings. The van der Waals surface area contributed by atoms with Crippen LogP contribution in [0.3, 0.4) is 0 Å². The van der Waals surface area contributed by atoms with E-state index in [1.807, 2.05) is 0 Å². The molecule has 0 fully saturated rings. The third kappa shape index (κ3) is 5.25. The number of nitrogens with zero attached hydrogens (tertiary/aromatic N) is 1. The number of carbonyl (C=O) groups is 2. The van der Waals surface area contributed by atoms with E-state index in [-0.39, 0.29) is 34.0 Å². The summed E-state index contributed by atoms with van der Waals surface area (Å²) < 4.78 is 65.8. The van der Waals surface area contributed by atoms with Gasteiger partial charge in [-0.25, -0.2) is 4.98 Å². The van der Waals surface area contributed by atoms with E-state index < -0.39 is 39.7 Å². The average molecular weight is 559 g/mol. The summed E-state index contributed by atoms with van der Waals surface area (Å²) in [6, 6.07) is 11.8. The number of carbonyl (C=O) groups excluding carboxylic acids is 2. The lowest BCUT2D eigenvalue weighted by atomic mass is 10.1. The van der Waals surface area contributed by atoms with Crippen LogP contribution in [-0.2, 0) is 17.5 Å². The second-order valence-electron chi connectivity index (χ2n) is 8.64. The van der Waals surface area contributed by atoms with E-state index in [1.54, 1.807) is 18.2 Å². The Kier molecular flexibility index (Phi) is 6.68. The molecule has 3 aromatic carbocycles. The van der Waals surface area contributed by atoms with Crippen LogP contribution in [0, 0.1) is 0 Å². The van der Waals surface area contributed by atoms with Crippen molar-refractivity contribution in [2.45, 2.75) is 17.7 Å². The van der Waals surface area contributed by atoms with Gasteiger partial charge in [-0.1, -0.05) is 18.2 Å². The van der Waals surface area contributed by atoms with Crippen molar-refractivity contribution in [3.63, 3.8) is 0 Å². The molecule has 39 heavy (non-hydrogen) atoms. The Labute approximate surface area is 221 Å². The standard InChI is InChI=1S/C26H21F3N4O5S/c1-38-13-22-32-20-11-16(31-24(34)17-4-2-3-5-19(17)26(27,28)29)10-18(23(20)33-22)25(35)30-15-7-6-14-8-9-39(36,37)21(14)12-15/h2-12,36-37H,13H2,1H3,(H,30,35)(H,31,34)(H,32,33). The molecule has 9 nitrogen and oxygen atoms in total. The molecule has 1 aromatic heterocycles. The molecule has 5 rings (SSSR count). The van der Waals surface area contributed by atoms with Gasteiger partial charge in [-0.15, -0.1) is 10.6 Å². The molecule has 0 spiro atoms. The zero-order valence-electron chi connectivity index (χ0n) is 20.2. The molecule has 0 unspecified atom stereocenters. The summed E-state index contributed by atoms with van der Waals surface area (Å²) in [6.07, 6.45) is -3.17. The van der Waals surface area contributed by atoms with Crippen LogP contribution in [0.5, 0.6) is 0 Å². The summed E-state index contributed by atoms with van der Waals surface area (Å²) >= 11 is 0. The van der Waals surface area contributed by atoms with Gasteiger partial charge in [0, 0.05) is 23.9 Å². The third-order valence-electron chi connectivity index (χ3n) is 5.93. The predicted octanol–water partition coefficient (Wildman–Crippen LogP) is 6.33. The number of amides is 2. The molecule has 0 saturated carbocycles. The highest BCUT2D eigenvalue weighted by molar-refractivity contribution is 8.27. The fourth-order valence-electron chi connectivity index (χ4n) is 4.20. The van der Waals surface area contributed by atoms with Gasteiger partial charge >= 0.3 is 6.18 Å². The number of imidazole rings is 1. The molecule has 2 amide bonds. The van der Waals surface area contributed by atoms with Crippen LogP contribution >= 0.6 is 10.6 Å². The van der Waals surface area contributed by atoms with E-state index in [2.05, 4.69) is 20.6 Å². The van der Waals surface area contributed by atoms with E-state index in [0.29, 0.717) is 16.9 Å². The van der Waals surface area contributed by atoms with Crippen LogP contribution in [-0.4, -0.2) is 38.0 Å². The minimum atomic E-state index is -4.74. The number of ether oxygens (including phenoxy) is 1. The molecule has 0 radical (unpaired) electrons. The summed E-state index contributed by atoms with van der Waals surface area (Å²) in [4.78, 5) is 33.8. The number of halogens is 3. The summed E-state index contributed by atoms with van der Waals surface area (Å²) in [5.74, 6) is -1.28. The van der Waals surface area contributed by atoms with Gasteiger partial charge in [0.15, 0.2) is 0 Å². The fraction of sp³-hybridized carbons (Fsp3) is 0.115. The zero-order valence-corrected chi connectivity index (χ0v) is 21.0. The van der Waals surface area contributed by atoms with Crippen LogP contribution in [0.4, 0.5) is 24.5 Å². The van der Waals surface area contributed by atoms with Crippen molar-refractivity contribution in [3.05, 3.63) is 88.1 Å². The second-order valence-corrected chi connectivity index (χ2v) is 10.5. The third-order valence-corrected chi connectivity index (χ3v) is 7.45. The largest absolute Gasteiger partial charge is 0.417 e. The molecule has 5 N–H and O–H groups in total. The summed E-state index contributed by atoms with van der Waals surface area (Å²) in [7, 11) is -1.66. The van der Waals surface area contributed by atoms with Gasteiger partial charge < -0.3 is 20.4 Å². The number of nitrogens with one attached hydrogen (secondary N) is 3. The minimum absolute atomic E-state index is 0.00994. The Bertz CT molecular complexity index is 1650. The number of hydrogen-bond donors (Lipinski definition) is 5. The van der Waals surface area contributed by atoms with E-state index >= 15 is 0 Å². The molecule has 2 heterocycles. The lowest BCUT2D eigenvalue weighted by Gasteiger charge is -2.25. The molecule has 0 bridgehead atoms. The quantitative estimate of drug-likeness (QED) is 0.188. The molecular formula is C26H21F3N4O5S. The molecule has 4 aromatic rings. The topological polar surface area (TPSA) is 137 Å². The monoisotopic (exact) mass is 558 g/mol. The maximum atomic E-state index is 13.4.